The average molecular weight is 161 g/mol. The first kappa shape index (κ1) is 9.03. The Morgan fingerprint density at radius 2 is 2.10 bits per heavy atom. The third kappa shape index (κ3) is 3.13. The maximum Gasteiger partial charge on any atom is 0.260 e. The Labute approximate surface area is 59.2 Å². The topological polar surface area (TPSA) is 63.6 Å². The molecule has 0 heterocycles. The van der Waals surface area contributed by atoms with E-state index in [-0.39, 0.29) is 0 Å². The second-order valence-electron chi connectivity index (χ2n) is 1.53. The number of aliphatic imine (C=N–C) groups is 1. The molecular weight excluding hydrogens is 154 g/mol. The molecule has 56 valence electrons. The molecule has 5 heteroatoms. The summed E-state index contributed by atoms with van der Waals surface area (Å²) in [5.74, 6) is -1.40. The molecule has 0 aliphatic carbocycles. The zero-order valence-electron chi connectivity index (χ0n) is 5.28. The molecule has 0 aromatic rings. The summed E-state index contributed by atoms with van der Waals surface area (Å²) in [6.07, 6.45) is 0. The minimum atomic E-state index is -3.45. The summed E-state index contributed by atoms with van der Waals surface area (Å²) in [6, 6.07) is 0. The Balaban J connectivity index is 4.30. The maximum atomic E-state index is 10.5. The van der Waals surface area contributed by atoms with Gasteiger partial charge in [-0.25, -0.2) is 13.4 Å². The van der Waals surface area contributed by atoms with Gasteiger partial charge in [0.05, 0.1) is 0 Å². The summed E-state index contributed by atoms with van der Waals surface area (Å²) in [6.45, 7) is 5.90. The van der Waals surface area contributed by atoms with Crippen LogP contribution < -0.4 is 0 Å². The summed E-state index contributed by atoms with van der Waals surface area (Å²) in [5.41, 5.74) is 0. The van der Waals surface area contributed by atoms with Gasteiger partial charge in [-0.15, -0.1) is 0 Å². The summed E-state index contributed by atoms with van der Waals surface area (Å²) < 4.78 is 21.1. The van der Waals surface area contributed by atoms with Gasteiger partial charge in [0.1, 0.15) is 5.75 Å². The molecule has 1 amide bonds. The molecule has 0 aromatic heterocycles. The number of carbonyl (C=O) groups is 1. The number of amides is 1. The van der Waals surface area contributed by atoms with Crippen LogP contribution in [0.15, 0.2) is 17.0 Å². The van der Waals surface area contributed by atoms with Gasteiger partial charge in [-0.2, -0.15) is 0 Å². The normalized spacial score (nSPS) is 10.4. The van der Waals surface area contributed by atoms with Gasteiger partial charge in [0.15, 0.2) is 9.84 Å². The fourth-order valence-electron chi connectivity index (χ4n) is 0.277. The molecular formula is C5H7NO3S. The van der Waals surface area contributed by atoms with E-state index < -0.39 is 21.5 Å². The second kappa shape index (κ2) is 3.26. The monoisotopic (exact) mass is 161 g/mol. The van der Waals surface area contributed by atoms with Gasteiger partial charge in [0.25, 0.3) is 5.91 Å². The minimum absolute atomic E-state index is 0.639. The standard InChI is InChI=1S/C5H7NO3S/c1-3-10(8,9)4-5(7)6-2/h3H,1-2,4H2. The highest BCUT2D eigenvalue weighted by Gasteiger charge is 2.09. The molecule has 0 aliphatic heterocycles. The van der Waals surface area contributed by atoms with Crippen molar-refractivity contribution in [3.63, 3.8) is 0 Å². The van der Waals surface area contributed by atoms with Crippen LogP contribution in [0.4, 0.5) is 0 Å². The van der Waals surface area contributed by atoms with Crippen molar-refractivity contribution in [3.8, 4) is 0 Å². The molecule has 0 aromatic carbocycles. The van der Waals surface area contributed by atoms with Crippen molar-refractivity contribution in [2.75, 3.05) is 5.75 Å². The zero-order valence-corrected chi connectivity index (χ0v) is 6.10. The molecule has 0 spiro atoms. The zero-order chi connectivity index (χ0) is 8.20. The fraction of sp³-hybridized carbons (Fsp3) is 0.200. The lowest BCUT2D eigenvalue weighted by Gasteiger charge is -1.89. The van der Waals surface area contributed by atoms with Gasteiger partial charge in [-0.1, -0.05) is 6.58 Å². The van der Waals surface area contributed by atoms with Crippen LogP contribution in [0.2, 0.25) is 0 Å². The largest absolute Gasteiger partial charge is 0.271 e. The summed E-state index contributed by atoms with van der Waals surface area (Å²) in [4.78, 5) is 13.2. The third-order valence-electron chi connectivity index (χ3n) is 0.755. The predicted molar refractivity (Wildman–Crippen MR) is 38.5 cm³/mol. The summed E-state index contributed by atoms with van der Waals surface area (Å²) >= 11 is 0. The first-order valence-corrected chi connectivity index (χ1v) is 4.08. The Bertz CT molecular complexity index is 252. The molecule has 0 N–H and O–H groups in total. The van der Waals surface area contributed by atoms with Crippen LogP contribution in [0.3, 0.4) is 0 Å². The van der Waals surface area contributed by atoms with E-state index in [1.807, 2.05) is 0 Å². The van der Waals surface area contributed by atoms with Crippen LogP contribution in [0.1, 0.15) is 0 Å². The second-order valence-corrected chi connectivity index (χ2v) is 3.47. The number of nitrogens with zero attached hydrogens (tertiary/aromatic N) is 1. The SMILES string of the molecule is C=CS(=O)(=O)CC(=O)N=C. The van der Waals surface area contributed by atoms with Crippen LogP contribution in [0.25, 0.3) is 0 Å². The van der Waals surface area contributed by atoms with E-state index in [1.165, 1.54) is 0 Å². The van der Waals surface area contributed by atoms with Gasteiger partial charge in [-0.3, -0.25) is 4.79 Å². The fourth-order valence-corrected chi connectivity index (χ4v) is 0.830. The Hall–Kier alpha value is -0.970. The first-order chi connectivity index (χ1) is 4.52. The highest BCUT2D eigenvalue weighted by atomic mass is 32.2. The summed E-state index contributed by atoms with van der Waals surface area (Å²) in [7, 11) is -3.45. The van der Waals surface area contributed by atoms with Crippen molar-refractivity contribution in [1.82, 2.24) is 0 Å². The number of carbonyl (C=O) groups excluding carboxylic acids is 1. The lowest BCUT2D eigenvalue weighted by Crippen LogP contribution is -2.10. The van der Waals surface area contributed by atoms with Crippen molar-refractivity contribution < 1.29 is 13.2 Å². The van der Waals surface area contributed by atoms with Gasteiger partial charge >= 0.3 is 0 Å². The van der Waals surface area contributed by atoms with Crippen LogP contribution in [-0.4, -0.2) is 26.8 Å². The molecule has 10 heavy (non-hydrogen) atoms. The highest BCUT2D eigenvalue weighted by Crippen LogP contribution is 1.90. The van der Waals surface area contributed by atoms with E-state index in [2.05, 4.69) is 18.3 Å². The van der Waals surface area contributed by atoms with Gasteiger partial charge in [0.2, 0.25) is 0 Å². The lowest BCUT2D eigenvalue weighted by atomic mass is 10.7. The van der Waals surface area contributed by atoms with E-state index >= 15 is 0 Å². The molecule has 0 bridgehead atoms. The van der Waals surface area contributed by atoms with Crippen molar-refractivity contribution in [2.45, 2.75) is 0 Å². The van der Waals surface area contributed by atoms with Crippen LogP contribution in [0, 0.1) is 0 Å². The molecule has 0 saturated carbocycles. The van der Waals surface area contributed by atoms with Crippen molar-refractivity contribution in [3.05, 3.63) is 12.0 Å². The van der Waals surface area contributed by atoms with Gasteiger partial charge < -0.3 is 0 Å². The molecule has 0 saturated heterocycles. The summed E-state index contributed by atoms with van der Waals surface area (Å²) in [5, 5.41) is 0.718. The van der Waals surface area contributed by atoms with Crippen molar-refractivity contribution >= 4 is 22.5 Å². The van der Waals surface area contributed by atoms with Crippen LogP contribution >= 0.6 is 0 Å². The maximum absolute atomic E-state index is 10.5. The molecule has 0 fully saturated rings. The first-order valence-electron chi connectivity index (χ1n) is 2.36. The van der Waals surface area contributed by atoms with Crippen LogP contribution in [0.5, 0.6) is 0 Å². The van der Waals surface area contributed by atoms with E-state index in [0.717, 1.165) is 5.41 Å². The number of rotatable bonds is 3. The predicted octanol–water partition coefficient (Wildman–Crippen LogP) is -0.228. The lowest BCUT2D eigenvalue weighted by molar-refractivity contribution is -0.115. The molecule has 0 radical (unpaired) electrons. The van der Waals surface area contributed by atoms with E-state index in [1.54, 1.807) is 0 Å². The van der Waals surface area contributed by atoms with E-state index in [9.17, 15) is 13.2 Å². The molecule has 0 rings (SSSR count). The number of hydrogen-bond acceptors (Lipinski definition) is 3. The number of sulfone groups is 1. The minimum Gasteiger partial charge on any atom is -0.271 e. The van der Waals surface area contributed by atoms with Crippen LogP contribution in [-0.2, 0) is 14.6 Å². The Morgan fingerprint density at radius 1 is 1.60 bits per heavy atom. The highest BCUT2D eigenvalue weighted by molar-refractivity contribution is 7.94. The van der Waals surface area contributed by atoms with Gasteiger partial charge in [-0.05, 0) is 6.72 Å². The molecule has 0 aliphatic rings. The smallest absolute Gasteiger partial charge is 0.260 e. The van der Waals surface area contributed by atoms with E-state index in [4.69, 9.17) is 0 Å². The molecule has 4 nitrogen and oxygen atoms in total. The molecule has 0 atom stereocenters. The third-order valence-corrected chi connectivity index (χ3v) is 1.91. The Kier molecular flexibility index (Phi) is 2.95. The average Bonchev–Trinajstić information content (AvgIpc) is 1.87. The van der Waals surface area contributed by atoms with Crippen molar-refractivity contribution in [1.29, 1.82) is 0 Å². The Morgan fingerprint density at radius 3 is 2.40 bits per heavy atom. The van der Waals surface area contributed by atoms with Crippen molar-refractivity contribution in [2.24, 2.45) is 4.99 Å². The van der Waals surface area contributed by atoms with E-state index in [0.29, 0.717) is 0 Å². The quantitative estimate of drug-likeness (QED) is 0.537. The van der Waals surface area contributed by atoms with Gasteiger partial charge in [0, 0.05) is 5.41 Å². The number of hydrogen-bond donors (Lipinski definition) is 0. The molecule has 0 unspecified atom stereocenters.